The van der Waals surface area contributed by atoms with Crippen LogP contribution in [0.3, 0.4) is 0 Å². The lowest BCUT2D eigenvalue weighted by molar-refractivity contribution is -0.539. The molecule has 4 heteroatoms. The van der Waals surface area contributed by atoms with Gasteiger partial charge in [-0.1, -0.05) is 18.2 Å². The van der Waals surface area contributed by atoms with Gasteiger partial charge >= 0.3 is 5.84 Å². The summed E-state index contributed by atoms with van der Waals surface area (Å²) in [5.74, 6) is 0.306. The van der Waals surface area contributed by atoms with Crippen molar-refractivity contribution in [2.24, 2.45) is 0 Å². The minimum absolute atomic E-state index is 0.306. The van der Waals surface area contributed by atoms with Crippen molar-refractivity contribution in [1.82, 2.24) is 5.06 Å². The van der Waals surface area contributed by atoms with E-state index in [0.717, 1.165) is 26.5 Å². The first-order valence-corrected chi connectivity index (χ1v) is 7.21. The normalized spacial score (nSPS) is 20.6. The van der Waals surface area contributed by atoms with Gasteiger partial charge in [0.05, 0.1) is 5.56 Å². The van der Waals surface area contributed by atoms with Crippen LogP contribution in [-0.2, 0) is 0 Å². The molecule has 2 rings (SSSR count). The molecule has 0 fully saturated rings. The van der Waals surface area contributed by atoms with E-state index in [4.69, 9.17) is 0 Å². The van der Waals surface area contributed by atoms with Gasteiger partial charge in [0.25, 0.3) is 0 Å². The Kier molecular flexibility index (Phi) is 3.62. The second-order valence-corrected chi connectivity index (χ2v) is 6.62. The lowest BCUT2D eigenvalue weighted by atomic mass is 9.84. The van der Waals surface area contributed by atoms with Crippen molar-refractivity contribution in [3.63, 3.8) is 0 Å². The molecule has 0 aromatic heterocycles. The molecule has 0 radical (unpaired) electrons. The standard InChI is InChI=1S/C17H24N2O2/c1-7-8-13-9-10-14(11-12(13)2)15-18(20)16(3,4)17(5,6)19(15)21/h7-11,20H,1-6H3/b8-7+. The second kappa shape index (κ2) is 4.88. The molecule has 1 heterocycles. The van der Waals surface area contributed by atoms with Crippen molar-refractivity contribution in [3.8, 4) is 0 Å². The second-order valence-electron chi connectivity index (χ2n) is 6.62. The first-order valence-electron chi connectivity index (χ1n) is 7.21. The van der Waals surface area contributed by atoms with Gasteiger partial charge in [-0.05, 0) is 64.8 Å². The Morgan fingerprint density at radius 3 is 2.29 bits per heavy atom. The number of hydrogen-bond acceptors (Lipinski definition) is 3. The van der Waals surface area contributed by atoms with Crippen LogP contribution in [0.1, 0.15) is 51.3 Å². The number of benzene rings is 1. The summed E-state index contributed by atoms with van der Waals surface area (Å²) in [6.45, 7) is 11.4. The monoisotopic (exact) mass is 288 g/mol. The molecule has 4 nitrogen and oxygen atoms in total. The number of hydrogen-bond donors (Lipinski definition) is 1. The summed E-state index contributed by atoms with van der Waals surface area (Å²) in [6.07, 6.45) is 4.01. The van der Waals surface area contributed by atoms with Crippen molar-refractivity contribution >= 4 is 11.9 Å². The number of nitrogens with zero attached hydrogens (tertiary/aromatic N) is 2. The third-order valence-corrected chi connectivity index (χ3v) is 4.80. The fourth-order valence-corrected chi connectivity index (χ4v) is 2.54. The summed E-state index contributed by atoms with van der Waals surface area (Å²) in [7, 11) is 0. The highest BCUT2D eigenvalue weighted by Gasteiger charge is 2.58. The highest BCUT2D eigenvalue weighted by Crippen LogP contribution is 2.37. The van der Waals surface area contributed by atoms with E-state index in [1.165, 1.54) is 0 Å². The predicted molar refractivity (Wildman–Crippen MR) is 85.4 cm³/mol. The number of hydroxylamine groups is 3. The fourth-order valence-electron chi connectivity index (χ4n) is 2.54. The third kappa shape index (κ3) is 2.14. The number of rotatable bonds is 2. The summed E-state index contributed by atoms with van der Waals surface area (Å²) in [4.78, 5) is 0. The third-order valence-electron chi connectivity index (χ3n) is 4.80. The molecule has 1 aliphatic heterocycles. The van der Waals surface area contributed by atoms with Gasteiger partial charge in [-0.3, -0.25) is 4.74 Å². The maximum absolute atomic E-state index is 12.6. The molecular weight excluding hydrogens is 264 g/mol. The SMILES string of the molecule is C/C=C/c1ccc(C2=[N+]([O-])C(C)(C)C(C)(C)N2O)cc1C. The van der Waals surface area contributed by atoms with Gasteiger partial charge in [-0.15, -0.1) is 5.06 Å². The molecule has 0 saturated heterocycles. The Hall–Kier alpha value is -1.81. The fraction of sp³-hybridized carbons (Fsp3) is 0.471. The van der Waals surface area contributed by atoms with Gasteiger partial charge in [0.2, 0.25) is 0 Å². The summed E-state index contributed by atoms with van der Waals surface area (Å²) in [5.41, 5.74) is 1.53. The summed E-state index contributed by atoms with van der Waals surface area (Å²) in [6, 6.07) is 5.79. The van der Waals surface area contributed by atoms with Crippen LogP contribution < -0.4 is 0 Å². The molecular formula is C17H24N2O2. The van der Waals surface area contributed by atoms with E-state index in [0.29, 0.717) is 5.84 Å². The van der Waals surface area contributed by atoms with Crippen molar-refractivity contribution < 1.29 is 9.95 Å². The van der Waals surface area contributed by atoms with Crippen molar-refractivity contribution in [2.75, 3.05) is 0 Å². The average Bonchev–Trinajstić information content (AvgIpc) is 2.52. The predicted octanol–water partition coefficient (Wildman–Crippen LogP) is 3.55. The van der Waals surface area contributed by atoms with Crippen LogP contribution in [0, 0.1) is 12.1 Å². The van der Waals surface area contributed by atoms with E-state index in [9.17, 15) is 10.4 Å². The van der Waals surface area contributed by atoms with E-state index in [-0.39, 0.29) is 0 Å². The molecule has 1 aliphatic rings. The highest BCUT2D eigenvalue weighted by molar-refractivity contribution is 5.96. The topological polar surface area (TPSA) is 49.5 Å². The van der Waals surface area contributed by atoms with E-state index in [1.807, 2.05) is 71.9 Å². The Labute approximate surface area is 126 Å². The summed E-state index contributed by atoms with van der Waals surface area (Å²) < 4.78 is 0.914. The van der Waals surface area contributed by atoms with Crippen LogP contribution in [0.2, 0.25) is 0 Å². The molecule has 0 amide bonds. The quantitative estimate of drug-likeness (QED) is 0.669. The van der Waals surface area contributed by atoms with Gasteiger partial charge < -0.3 is 5.21 Å². The Bertz CT molecular complexity index is 628. The molecule has 0 unspecified atom stereocenters. The van der Waals surface area contributed by atoms with Crippen LogP contribution in [-0.4, -0.2) is 31.9 Å². The number of amidine groups is 1. The maximum atomic E-state index is 12.6. The molecule has 0 saturated carbocycles. The minimum Gasteiger partial charge on any atom is -0.714 e. The molecule has 0 spiro atoms. The minimum atomic E-state index is -0.715. The van der Waals surface area contributed by atoms with Crippen LogP contribution in [0.25, 0.3) is 6.08 Å². The first kappa shape index (κ1) is 15.6. The summed E-state index contributed by atoms with van der Waals surface area (Å²) >= 11 is 0. The van der Waals surface area contributed by atoms with E-state index < -0.39 is 11.1 Å². The van der Waals surface area contributed by atoms with Crippen LogP contribution in [0.4, 0.5) is 0 Å². The van der Waals surface area contributed by atoms with Crippen molar-refractivity contribution in [3.05, 3.63) is 46.2 Å². The Morgan fingerprint density at radius 2 is 1.86 bits per heavy atom. The molecule has 1 aromatic carbocycles. The number of aryl methyl sites for hydroxylation is 1. The first-order chi connectivity index (χ1) is 9.64. The lowest BCUT2D eigenvalue weighted by Crippen LogP contribution is -2.53. The van der Waals surface area contributed by atoms with Crippen LogP contribution in [0.15, 0.2) is 24.3 Å². The largest absolute Gasteiger partial charge is 0.714 e. The van der Waals surface area contributed by atoms with Gasteiger partial charge in [0, 0.05) is 0 Å². The molecule has 0 aliphatic carbocycles. The zero-order valence-corrected chi connectivity index (χ0v) is 13.6. The lowest BCUT2D eigenvalue weighted by Gasteiger charge is -2.33. The van der Waals surface area contributed by atoms with Gasteiger partial charge in [0.1, 0.15) is 5.54 Å². The molecule has 114 valence electrons. The van der Waals surface area contributed by atoms with Crippen molar-refractivity contribution in [2.45, 2.75) is 52.6 Å². The maximum Gasteiger partial charge on any atom is 0.313 e. The van der Waals surface area contributed by atoms with E-state index in [2.05, 4.69) is 0 Å². The molecule has 0 bridgehead atoms. The van der Waals surface area contributed by atoms with Crippen LogP contribution in [0.5, 0.6) is 0 Å². The van der Waals surface area contributed by atoms with Gasteiger partial charge in [-0.2, -0.15) is 0 Å². The van der Waals surface area contributed by atoms with E-state index in [1.54, 1.807) is 0 Å². The molecule has 1 N–H and O–H groups in total. The highest BCUT2D eigenvalue weighted by atomic mass is 16.5. The summed E-state index contributed by atoms with van der Waals surface area (Å²) in [5, 5.41) is 24.2. The zero-order valence-electron chi connectivity index (χ0n) is 13.6. The molecule has 0 atom stereocenters. The van der Waals surface area contributed by atoms with Gasteiger partial charge in [-0.25, -0.2) is 5.21 Å². The number of allylic oxidation sites excluding steroid dienone is 1. The van der Waals surface area contributed by atoms with Crippen LogP contribution >= 0.6 is 0 Å². The van der Waals surface area contributed by atoms with Gasteiger partial charge in [0.15, 0.2) is 5.54 Å². The Morgan fingerprint density at radius 1 is 1.24 bits per heavy atom. The molecule has 21 heavy (non-hydrogen) atoms. The zero-order chi connectivity index (χ0) is 16.0. The van der Waals surface area contributed by atoms with E-state index >= 15 is 0 Å². The smallest absolute Gasteiger partial charge is 0.313 e. The van der Waals surface area contributed by atoms with Crippen molar-refractivity contribution in [1.29, 1.82) is 0 Å². The average molecular weight is 288 g/mol. The Balaban J connectivity index is 2.57. The molecule has 1 aromatic rings.